The van der Waals surface area contributed by atoms with Crippen molar-refractivity contribution < 1.29 is 9.47 Å². The SMILES string of the molecule is CNC(COC1CCCc2ccccc21)C1CCOC1. The van der Waals surface area contributed by atoms with Gasteiger partial charge in [-0.05, 0) is 43.9 Å². The normalized spacial score (nSPS) is 27.2. The Kier molecular flexibility index (Phi) is 4.71. The molecule has 3 atom stereocenters. The molecule has 1 aromatic carbocycles. The predicted molar refractivity (Wildman–Crippen MR) is 79.8 cm³/mol. The highest BCUT2D eigenvalue weighted by Gasteiger charge is 2.27. The summed E-state index contributed by atoms with van der Waals surface area (Å²) in [6.07, 6.45) is 5.00. The molecule has 3 heteroatoms. The van der Waals surface area contributed by atoms with Crippen molar-refractivity contribution in [1.29, 1.82) is 0 Å². The molecule has 3 rings (SSSR count). The molecule has 1 heterocycles. The van der Waals surface area contributed by atoms with Gasteiger partial charge in [-0.1, -0.05) is 24.3 Å². The molecule has 1 N–H and O–H groups in total. The maximum absolute atomic E-state index is 6.26. The third-order valence-electron chi connectivity index (χ3n) is 4.70. The van der Waals surface area contributed by atoms with E-state index in [-0.39, 0.29) is 6.10 Å². The van der Waals surface area contributed by atoms with Gasteiger partial charge in [0.1, 0.15) is 0 Å². The van der Waals surface area contributed by atoms with E-state index in [0.29, 0.717) is 12.0 Å². The lowest BCUT2D eigenvalue weighted by molar-refractivity contribution is 0.0166. The van der Waals surface area contributed by atoms with E-state index >= 15 is 0 Å². The summed E-state index contributed by atoms with van der Waals surface area (Å²) < 4.78 is 11.7. The molecule has 1 aliphatic carbocycles. The van der Waals surface area contributed by atoms with Gasteiger partial charge < -0.3 is 14.8 Å². The van der Waals surface area contributed by atoms with Crippen LogP contribution in [0.1, 0.15) is 36.5 Å². The Labute approximate surface area is 121 Å². The Bertz CT molecular complexity index is 429. The van der Waals surface area contributed by atoms with Crippen LogP contribution in [0.4, 0.5) is 0 Å². The van der Waals surface area contributed by atoms with Gasteiger partial charge in [0.2, 0.25) is 0 Å². The minimum Gasteiger partial charge on any atom is -0.381 e. The third kappa shape index (κ3) is 3.05. The lowest BCUT2D eigenvalue weighted by Crippen LogP contribution is -2.38. The van der Waals surface area contributed by atoms with Gasteiger partial charge in [0, 0.05) is 18.6 Å². The molecule has 0 aromatic heterocycles. The van der Waals surface area contributed by atoms with Crippen molar-refractivity contribution in [3.05, 3.63) is 35.4 Å². The third-order valence-corrected chi connectivity index (χ3v) is 4.70. The first-order chi connectivity index (χ1) is 9.88. The molecule has 0 amide bonds. The van der Waals surface area contributed by atoms with Crippen LogP contribution in [0, 0.1) is 5.92 Å². The molecule has 2 aliphatic rings. The quantitative estimate of drug-likeness (QED) is 0.896. The van der Waals surface area contributed by atoms with Gasteiger partial charge in [-0.15, -0.1) is 0 Å². The van der Waals surface area contributed by atoms with Crippen molar-refractivity contribution in [2.24, 2.45) is 5.92 Å². The Morgan fingerprint density at radius 1 is 1.35 bits per heavy atom. The van der Waals surface area contributed by atoms with Crippen molar-refractivity contribution in [1.82, 2.24) is 5.32 Å². The molecule has 3 unspecified atom stereocenters. The minimum absolute atomic E-state index is 0.276. The van der Waals surface area contributed by atoms with E-state index < -0.39 is 0 Å². The summed E-state index contributed by atoms with van der Waals surface area (Å²) in [7, 11) is 2.03. The van der Waals surface area contributed by atoms with E-state index in [4.69, 9.17) is 9.47 Å². The molecule has 0 spiro atoms. The summed E-state index contributed by atoms with van der Waals surface area (Å²) in [5.74, 6) is 0.596. The van der Waals surface area contributed by atoms with E-state index in [2.05, 4.69) is 29.6 Å². The number of likely N-dealkylation sites (N-methyl/N-ethyl adjacent to an activating group) is 1. The van der Waals surface area contributed by atoms with Gasteiger partial charge in [0.15, 0.2) is 0 Å². The van der Waals surface area contributed by atoms with Crippen LogP contribution in [0.25, 0.3) is 0 Å². The first-order valence-corrected chi connectivity index (χ1v) is 7.83. The highest BCUT2D eigenvalue weighted by molar-refractivity contribution is 5.31. The molecule has 3 nitrogen and oxygen atoms in total. The number of fused-ring (bicyclic) bond motifs is 1. The summed E-state index contributed by atoms with van der Waals surface area (Å²) in [5, 5.41) is 3.40. The fourth-order valence-electron chi connectivity index (χ4n) is 3.43. The number of hydrogen-bond acceptors (Lipinski definition) is 3. The van der Waals surface area contributed by atoms with Crippen LogP contribution in [-0.4, -0.2) is 32.9 Å². The van der Waals surface area contributed by atoms with Crippen LogP contribution in [0.5, 0.6) is 0 Å². The molecule has 20 heavy (non-hydrogen) atoms. The molecule has 110 valence electrons. The number of rotatable bonds is 5. The van der Waals surface area contributed by atoms with Gasteiger partial charge in [-0.25, -0.2) is 0 Å². The molecule has 0 radical (unpaired) electrons. The Balaban J connectivity index is 1.60. The van der Waals surface area contributed by atoms with E-state index in [1.54, 1.807) is 0 Å². The Morgan fingerprint density at radius 2 is 2.25 bits per heavy atom. The number of nitrogens with one attached hydrogen (secondary N) is 1. The summed E-state index contributed by atoms with van der Waals surface area (Å²) >= 11 is 0. The monoisotopic (exact) mass is 275 g/mol. The fourth-order valence-corrected chi connectivity index (χ4v) is 3.43. The summed E-state index contributed by atoms with van der Waals surface area (Å²) in [5.41, 5.74) is 2.87. The maximum atomic E-state index is 6.26. The van der Waals surface area contributed by atoms with E-state index in [1.165, 1.54) is 24.0 Å². The largest absolute Gasteiger partial charge is 0.381 e. The summed E-state index contributed by atoms with van der Waals surface area (Å²) in [6, 6.07) is 9.14. The van der Waals surface area contributed by atoms with Crippen molar-refractivity contribution in [3.8, 4) is 0 Å². The number of benzene rings is 1. The second-order valence-electron chi connectivity index (χ2n) is 5.93. The zero-order chi connectivity index (χ0) is 13.8. The second-order valence-corrected chi connectivity index (χ2v) is 5.93. The van der Waals surface area contributed by atoms with E-state index in [1.807, 2.05) is 7.05 Å². The molecular weight excluding hydrogens is 250 g/mol. The highest BCUT2D eigenvalue weighted by atomic mass is 16.5. The lowest BCUT2D eigenvalue weighted by Gasteiger charge is -2.29. The van der Waals surface area contributed by atoms with Gasteiger partial charge >= 0.3 is 0 Å². The smallest absolute Gasteiger partial charge is 0.0828 e. The first-order valence-electron chi connectivity index (χ1n) is 7.83. The van der Waals surface area contributed by atoms with Gasteiger partial charge in [-0.2, -0.15) is 0 Å². The van der Waals surface area contributed by atoms with Crippen LogP contribution >= 0.6 is 0 Å². The van der Waals surface area contributed by atoms with E-state index in [9.17, 15) is 0 Å². The maximum Gasteiger partial charge on any atom is 0.0828 e. The molecule has 1 saturated heterocycles. The zero-order valence-corrected chi connectivity index (χ0v) is 12.3. The molecule has 1 aliphatic heterocycles. The van der Waals surface area contributed by atoms with Crippen LogP contribution in [0.15, 0.2) is 24.3 Å². The first kappa shape index (κ1) is 14.1. The van der Waals surface area contributed by atoms with Crippen molar-refractivity contribution in [2.45, 2.75) is 37.8 Å². The highest BCUT2D eigenvalue weighted by Crippen LogP contribution is 2.32. The van der Waals surface area contributed by atoms with Crippen molar-refractivity contribution in [2.75, 3.05) is 26.9 Å². The van der Waals surface area contributed by atoms with Crippen LogP contribution in [0.2, 0.25) is 0 Å². The zero-order valence-electron chi connectivity index (χ0n) is 12.3. The van der Waals surface area contributed by atoms with Crippen LogP contribution in [0.3, 0.4) is 0 Å². The predicted octanol–water partition coefficient (Wildman–Crippen LogP) is 2.71. The van der Waals surface area contributed by atoms with Crippen molar-refractivity contribution >= 4 is 0 Å². The molecule has 1 aromatic rings. The van der Waals surface area contributed by atoms with Crippen LogP contribution in [-0.2, 0) is 15.9 Å². The summed E-state index contributed by atoms with van der Waals surface area (Å²) in [6.45, 7) is 2.55. The minimum atomic E-state index is 0.276. The fraction of sp³-hybridized carbons (Fsp3) is 0.647. The number of hydrogen-bond donors (Lipinski definition) is 1. The number of aryl methyl sites for hydroxylation is 1. The average Bonchev–Trinajstić information content (AvgIpc) is 3.02. The Morgan fingerprint density at radius 3 is 3.05 bits per heavy atom. The topological polar surface area (TPSA) is 30.5 Å². The molecule has 1 fully saturated rings. The van der Waals surface area contributed by atoms with Gasteiger partial charge in [-0.3, -0.25) is 0 Å². The molecule has 0 bridgehead atoms. The standard InChI is InChI=1S/C17H25NO2/c1-18-16(14-9-10-19-11-14)12-20-17-8-4-6-13-5-2-3-7-15(13)17/h2-3,5,7,14,16-18H,4,6,8-12H2,1H3. The van der Waals surface area contributed by atoms with E-state index in [0.717, 1.165) is 32.7 Å². The van der Waals surface area contributed by atoms with Crippen LogP contribution < -0.4 is 5.32 Å². The molecule has 0 saturated carbocycles. The van der Waals surface area contributed by atoms with Gasteiger partial charge in [0.25, 0.3) is 0 Å². The summed E-state index contributed by atoms with van der Waals surface area (Å²) in [4.78, 5) is 0. The number of ether oxygens (including phenoxy) is 2. The second kappa shape index (κ2) is 6.70. The Hall–Kier alpha value is -0.900. The lowest BCUT2D eigenvalue weighted by atomic mass is 9.89. The van der Waals surface area contributed by atoms with Gasteiger partial charge in [0.05, 0.1) is 19.3 Å². The van der Waals surface area contributed by atoms with Crippen molar-refractivity contribution in [3.63, 3.8) is 0 Å². The average molecular weight is 275 g/mol. The molecular formula is C17H25NO2.